The van der Waals surface area contributed by atoms with Crippen LogP contribution in [-0.2, 0) is 12.7 Å². The summed E-state index contributed by atoms with van der Waals surface area (Å²) in [6.45, 7) is 2.45. The summed E-state index contributed by atoms with van der Waals surface area (Å²) in [5.74, 6) is -0.0997. The zero-order chi connectivity index (χ0) is 18.3. The van der Waals surface area contributed by atoms with E-state index in [0.717, 1.165) is 11.8 Å². The van der Waals surface area contributed by atoms with Gasteiger partial charge in [0, 0.05) is 6.54 Å². The number of rotatable bonds is 4. The van der Waals surface area contributed by atoms with Crippen LogP contribution in [0.25, 0.3) is 17.2 Å². The van der Waals surface area contributed by atoms with Gasteiger partial charge in [0.1, 0.15) is 5.03 Å². The van der Waals surface area contributed by atoms with E-state index in [2.05, 4.69) is 25.5 Å². The summed E-state index contributed by atoms with van der Waals surface area (Å²) in [4.78, 5) is 0. The molecule has 8 nitrogen and oxygen atoms in total. The average Bonchev–Trinajstić information content (AvgIpc) is 3.32. The Bertz CT molecular complexity index is 1050. The first-order valence-electron chi connectivity index (χ1n) is 7.42. The molecule has 4 aromatic heterocycles. The second-order valence-electron chi connectivity index (χ2n) is 5.09. The Kier molecular flexibility index (Phi) is 3.90. The molecule has 0 saturated heterocycles. The van der Waals surface area contributed by atoms with Crippen molar-refractivity contribution in [2.75, 3.05) is 0 Å². The quantitative estimate of drug-likeness (QED) is 0.537. The summed E-state index contributed by atoms with van der Waals surface area (Å²) < 4.78 is 46.7. The van der Waals surface area contributed by atoms with Crippen molar-refractivity contribution in [3.63, 3.8) is 0 Å². The Hall–Kier alpha value is -2.89. The van der Waals surface area contributed by atoms with Gasteiger partial charge >= 0.3 is 6.18 Å². The lowest BCUT2D eigenvalue weighted by molar-refractivity contribution is -0.146. The molecular formula is C14H10F3N7OS. The molecule has 0 fully saturated rings. The number of halogens is 3. The van der Waals surface area contributed by atoms with E-state index in [1.807, 2.05) is 6.92 Å². The van der Waals surface area contributed by atoms with Crippen molar-refractivity contribution in [2.24, 2.45) is 0 Å². The van der Waals surface area contributed by atoms with E-state index < -0.39 is 12.0 Å². The summed E-state index contributed by atoms with van der Waals surface area (Å²) in [5.41, 5.74) is 0.00917. The molecule has 0 aromatic carbocycles. The topological polar surface area (TPSA) is 86.9 Å². The molecule has 134 valence electrons. The number of hydrogen-bond donors (Lipinski definition) is 0. The lowest BCUT2D eigenvalue weighted by atomic mass is 10.4. The molecule has 4 aromatic rings. The van der Waals surface area contributed by atoms with E-state index in [9.17, 15) is 13.2 Å². The summed E-state index contributed by atoms with van der Waals surface area (Å²) >= 11 is 1.09. The van der Waals surface area contributed by atoms with E-state index >= 15 is 0 Å². The van der Waals surface area contributed by atoms with Crippen molar-refractivity contribution in [1.29, 1.82) is 0 Å². The van der Waals surface area contributed by atoms with Gasteiger partial charge in [-0.05, 0) is 43.0 Å². The molecule has 0 aliphatic carbocycles. The van der Waals surface area contributed by atoms with Crippen LogP contribution in [0.15, 0.2) is 45.1 Å². The zero-order valence-corrected chi connectivity index (χ0v) is 14.0. The summed E-state index contributed by atoms with van der Waals surface area (Å²) in [6.07, 6.45) is -3.12. The van der Waals surface area contributed by atoms with Crippen molar-refractivity contribution in [2.45, 2.75) is 29.8 Å². The van der Waals surface area contributed by atoms with Crippen molar-refractivity contribution in [3.05, 3.63) is 36.4 Å². The lowest BCUT2D eigenvalue weighted by Crippen LogP contribution is -2.12. The fourth-order valence-corrected chi connectivity index (χ4v) is 3.19. The number of fused-ring (bicyclic) bond motifs is 1. The predicted octanol–water partition coefficient (Wildman–Crippen LogP) is 3.17. The van der Waals surface area contributed by atoms with Crippen LogP contribution in [0.5, 0.6) is 0 Å². The number of alkyl halides is 3. The van der Waals surface area contributed by atoms with E-state index in [4.69, 9.17) is 4.42 Å². The Morgan fingerprint density at radius 2 is 1.96 bits per heavy atom. The van der Waals surface area contributed by atoms with Crippen LogP contribution in [0.2, 0.25) is 0 Å². The van der Waals surface area contributed by atoms with Gasteiger partial charge in [-0.2, -0.15) is 22.8 Å². The Morgan fingerprint density at radius 3 is 2.65 bits per heavy atom. The highest BCUT2D eigenvalue weighted by Crippen LogP contribution is 2.31. The van der Waals surface area contributed by atoms with Gasteiger partial charge in [-0.1, -0.05) is 0 Å². The standard InChI is InChI=1S/C14H10F3N7OS/c1-2-23-11(8-4-3-7-25-8)19-21-13(23)26-10-6-5-9-18-20-12(14(15,16)17)24(9)22-10/h3-7H,2H2,1H3. The normalized spacial score (nSPS) is 12.2. The molecule has 0 aliphatic rings. The first-order chi connectivity index (χ1) is 12.5. The summed E-state index contributed by atoms with van der Waals surface area (Å²) in [6, 6.07) is 6.45. The van der Waals surface area contributed by atoms with E-state index in [1.54, 1.807) is 22.8 Å². The van der Waals surface area contributed by atoms with Gasteiger partial charge < -0.3 is 4.42 Å². The molecule has 0 aliphatic heterocycles. The Balaban J connectivity index is 1.72. The number of nitrogens with zero attached hydrogens (tertiary/aromatic N) is 7. The monoisotopic (exact) mass is 381 g/mol. The molecular weight excluding hydrogens is 371 g/mol. The minimum atomic E-state index is -4.65. The molecule has 4 heterocycles. The van der Waals surface area contributed by atoms with Crippen LogP contribution in [0.4, 0.5) is 13.2 Å². The molecule has 0 amide bonds. The van der Waals surface area contributed by atoms with E-state index in [0.29, 0.717) is 32.8 Å². The van der Waals surface area contributed by atoms with Crippen LogP contribution in [0, 0.1) is 0 Å². The van der Waals surface area contributed by atoms with Crippen molar-refractivity contribution in [3.8, 4) is 11.6 Å². The smallest absolute Gasteiger partial charge is 0.453 e. The zero-order valence-electron chi connectivity index (χ0n) is 13.2. The fraction of sp³-hybridized carbons (Fsp3) is 0.214. The van der Waals surface area contributed by atoms with Gasteiger partial charge in [-0.3, -0.25) is 4.57 Å². The van der Waals surface area contributed by atoms with Crippen LogP contribution in [-0.4, -0.2) is 34.6 Å². The molecule has 26 heavy (non-hydrogen) atoms. The first-order valence-corrected chi connectivity index (χ1v) is 8.23. The predicted molar refractivity (Wildman–Crippen MR) is 83.3 cm³/mol. The lowest BCUT2D eigenvalue weighted by Gasteiger charge is -2.06. The van der Waals surface area contributed by atoms with Crippen LogP contribution < -0.4 is 0 Å². The van der Waals surface area contributed by atoms with Gasteiger partial charge in [0.25, 0.3) is 5.82 Å². The number of aromatic nitrogens is 7. The molecule has 0 atom stereocenters. The molecule has 0 saturated carbocycles. The largest absolute Gasteiger partial charge is 0.461 e. The maximum absolute atomic E-state index is 13.0. The highest BCUT2D eigenvalue weighted by atomic mass is 32.2. The van der Waals surface area contributed by atoms with Crippen LogP contribution in [0.3, 0.4) is 0 Å². The molecule has 0 unspecified atom stereocenters. The number of furan rings is 1. The maximum atomic E-state index is 13.0. The van der Waals surface area contributed by atoms with Gasteiger partial charge in [-0.15, -0.1) is 20.4 Å². The molecule has 0 radical (unpaired) electrons. The number of hydrogen-bond acceptors (Lipinski definition) is 7. The SMILES string of the molecule is CCn1c(Sc2ccc3nnc(C(F)(F)F)n3n2)nnc1-c1ccco1. The minimum Gasteiger partial charge on any atom is -0.461 e. The third-order valence-electron chi connectivity index (χ3n) is 3.46. The van der Waals surface area contributed by atoms with Crippen LogP contribution in [0.1, 0.15) is 12.7 Å². The summed E-state index contributed by atoms with van der Waals surface area (Å²) in [5, 5.41) is 19.6. The molecule has 4 rings (SSSR count). The highest BCUT2D eigenvalue weighted by Gasteiger charge is 2.37. The van der Waals surface area contributed by atoms with E-state index in [1.165, 1.54) is 12.3 Å². The van der Waals surface area contributed by atoms with Crippen molar-refractivity contribution in [1.82, 2.24) is 34.6 Å². The third kappa shape index (κ3) is 2.81. The molecule has 12 heteroatoms. The second kappa shape index (κ2) is 6.12. The third-order valence-corrected chi connectivity index (χ3v) is 4.37. The molecule has 0 spiro atoms. The minimum absolute atomic E-state index is 0.00917. The molecule has 0 N–H and O–H groups in total. The second-order valence-corrected chi connectivity index (χ2v) is 6.08. The fourth-order valence-electron chi connectivity index (χ4n) is 2.33. The van der Waals surface area contributed by atoms with E-state index in [-0.39, 0.29) is 5.65 Å². The van der Waals surface area contributed by atoms with Crippen LogP contribution >= 0.6 is 11.8 Å². The Labute approximate surface area is 148 Å². The average molecular weight is 381 g/mol. The van der Waals surface area contributed by atoms with Gasteiger partial charge in [0.15, 0.2) is 22.4 Å². The first kappa shape index (κ1) is 16.6. The maximum Gasteiger partial charge on any atom is 0.453 e. The van der Waals surface area contributed by atoms with Gasteiger partial charge in [-0.25, -0.2) is 0 Å². The summed E-state index contributed by atoms with van der Waals surface area (Å²) in [7, 11) is 0. The van der Waals surface area contributed by atoms with Crippen molar-refractivity contribution >= 4 is 17.4 Å². The van der Waals surface area contributed by atoms with Gasteiger partial charge in [0.2, 0.25) is 0 Å². The van der Waals surface area contributed by atoms with Crippen molar-refractivity contribution < 1.29 is 17.6 Å². The van der Waals surface area contributed by atoms with Gasteiger partial charge in [0.05, 0.1) is 6.26 Å². The molecule has 0 bridgehead atoms. The Morgan fingerprint density at radius 1 is 1.12 bits per heavy atom. The highest BCUT2D eigenvalue weighted by molar-refractivity contribution is 7.99.